The van der Waals surface area contributed by atoms with Crippen LogP contribution in [-0.2, 0) is 11.3 Å². The Morgan fingerprint density at radius 1 is 1.29 bits per heavy atom. The molecule has 0 saturated heterocycles. The van der Waals surface area contributed by atoms with Crippen LogP contribution < -0.4 is 5.09 Å². The van der Waals surface area contributed by atoms with Crippen LogP contribution in [-0.4, -0.2) is 30.3 Å². The summed E-state index contributed by atoms with van der Waals surface area (Å²) in [7, 11) is 2.51. The molecule has 1 atom stereocenters. The van der Waals surface area contributed by atoms with Crippen molar-refractivity contribution >= 4 is 15.2 Å². The van der Waals surface area contributed by atoms with E-state index in [2.05, 4.69) is 31.5 Å². The highest BCUT2D eigenvalue weighted by molar-refractivity contribution is 7.13. The molecule has 1 aromatic carbocycles. The van der Waals surface area contributed by atoms with E-state index in [4.69, 9.17) is 0 Å². The maximum absolute atomic E-state index is 11.0. The van der Waals surface area contributed by atoms with Gasteiger partial charge in [0.1, 0.15) is 5.78 Å². The van der Waals surface area contributed by atoms with Crippen LogP contribution in [0.1, 0.15) is 18.9 Å². The van der Waals surface area contributed by atoms with Crippen molar-refractivity contribution in [2.45, 2.75) is 19.9 Å². The van der Waals surface area contributed by atoms with E-state index in [1.807, 2.05) is 18.2 Å². The van der Waals surface area contributed by atoms with Gasteiger partial charge in [0.15, 0.2) is 0 Å². The van der Waals surface area contributed by atoms with E-state index in [-0.39, 0.29) is 5.78 Å². The SMILES string of the molecule is CC(=O)CCN(CCNP)Cc1ccccc1. The number of hydrogen-bond acceptors (Lipinski definition) is 3. The Kier molecular flexibility index (Phi) is 7.02. The summed E-state index contributed by atoms with van der Waals surface area (Å²) in [6.07, 6.45) is 0.629. The number of hydrogen-bond donors (Lipinski definition) is 1. The molecule has 0 bridgehead atoms. The predicted octanol–water partition coefficient (Wildman–Crippen LogP) is 1.85. The Morgan fingerprint density at radius 3 is 2.59 bits per heavy atom. The molecule has 1 aromatic rings. The maximum atomic E-state index is 11.0. The number of rotatable bonds is 8. The van der Waals surface area contributed by atoms with Gasteiger partial charge < -0.3 is 0 Å². The van der Waals surface area contributed by atoms with Crippen LogP contribution in [0.3, 0.4) is 0 Å². The quantitative estimate of drug-likeness (QED) is 0.717. The average molecular weight is 252 g/mol. The maximum Gasteiger partial charge on any atom is 0.131 e. The molecule has 0 aliphatic carbocycles. The Balaban J connectivity index is 2.47. The van der Waals surface area contributed by atoms with Gasteiger partial charge in [-0.05, 0) is 12.5 Å². The fraction of sp³-hybridized carbons (Fsp3) is 0.462. The summed E-state index contributed by atoms with van der Waals surface area (Å²) in [6, 6.07) is 10.4. The highest BCUT2D eigenvalue weighted by Gasteiger charge is 2.06. The first-order valence-electron chi connectivity index (χ1n) is 5.91. The van der Waals surface area contributed by atoms with Gasteiger partial charge in [-0.2, -0.15) is 0 Å². The van der Waals surface area contributed by atoms with E-state index in [0.29, 0.717) is 6.42 Å². The zero-order valence-corrected chi connectivity index (χ0v) is 11.5. The topological polar surface area (TPSA) is 32.3 Å². The van der Waals surface area contributed by atoms with Crippen molar-refractivity contribution in [3.05, 3.63) is 35.9 Å². The zero-order chi connectivity index (χ0) is 12.5. The van der Waals surface area contributed by atoms with E-state index in [1.165, 1.54) is 5.56 Å². The Labute approximate surface area is 106 Å². The normalized spacial score (nSPS) is 10.8. The van der Waals surface area contributed by atoms with Gasteiger partial charge in [0.05, 0.1) is 0 Å². The van der Waals surface area contributed by atoms with Crippen molar-refractivity contribution in [2.24, 2.45) is 0 Å². The highest BCUT2D eigenvalue weighted by atomic mass is 31.0. The van der Waals surface area contributed by atoms with Gasteiger partial charge in [0, 0.05) is 32.6 Å². The third kappa shape index (κ3) is 6.52. The number of benzene rings is 1. The van der Waals surface area contributed by atoms with Crippen molar-refractivity contribution in [1.29, 1.82) is 0 Å². The monoisotopic (exact) mass is 252 g/mol. The number of nitrogens with zero attached hydrogens (tertiary/aromatic N) is 1. The molecule has 0 heterocycles. The van der Waals surface area contributed by atoms with Gasteiger partial charge in [0.25, 0.3) is 0 Å². The molecule has 0 aliphatic heterocycles. The Morgan fingerprint density at radius 2 is 2.00 bits per heavy atom. The third-order valence-electron chi connectivity index (χ3n) is 2.60. The molecule has 0 aliphatic rings. The van der Waals surface area contributed by atoms with Gasteiger partial charge in [-0.1, -0.05) is 39.7 Å². The first-order valence-corrected chi connectivity index (χ1v) is 6.49. The zero-order valence-electron chi connectivity index (χ0n) is 10.4. The van der Waals surface area contributed by atoms with Crippen molar-refractivity contribution < 1.29 is 4.79 Å². The van der Waals surface area contributed by atoms with Crippen molar-refractivity contribution in [3.8, 4) is 0 Å². The van der Waals surface area contributed by atoms with Crippen LogP contribution in [0.2, 0.25) is 0 Å². The summed E-state index contributed by atoms with van der Waals surface area (Å²) in [5.41, 5.74) is 1.29. The molecule has 1 N–H and O–H groups in total. The van der Waals surface area contributed by atoms with Crippen LogP contribution in [0, 0.1) is 0 Å². The minimum atomic E-state index is 0.252. The predicted molar refractivity (Wildman–Crippen MR) is 74.7 cm³/mol. The molecule has 0 fully saturated rings. The second-order valence-corrected chi connectivity index (χ2v) is 4.58. The van der Waals surface area contributed by atoms with E-state index in [0.717, 1.165) is 26.2 Å². The third-order valence-corrected chi connectivity index (χ3v) is 2.89. The van der Waals surface area contributed by atoms with E-state index >= 15 is 0 Å². The molecule has 0 amide bonds. The smallest absolute Gasteiger partial charge is 0.131 e. The number of nitrogens with one attached hydrogen (secondary N) is 1. The van der Waals surface area contributed by atoms with Crippen LogP contribution in [0.4, 0.5) is 0 Å². The molecule has 0 spiro atoms. The molecule has 3 nitrogen and oxygen atoms in total. The molecule has 1 rings (SSSR count). The molecule has 4 heteroatoms. The van der Waals surface area contributed by atoms with Gasteiger partial charge >= 0.3 is 0 Å². The van der Waals surface area contributed by atoms with Crippen LogP contribution >= 0.6 is 9.39 Å². The lowest BCUT2D eigenvalue weighted by Crippen LogP contribution is -2.30. The summed E-state index contributed by atoms with van der Waals surface area (Å²) >= 11 is 0. The van der Waals surface area contributed by atoms with Crippen molar-refractivity contribution in [1.82, 2.24) is 9.99 Å². The molecule has 0 saturated carbocycles. The molecule has 94 valence electrons. The van der Waals surface area contributed by atoms with Crippen LogP contribution in [0.15, 0.2) is 30.3 Å². The van der Waals surface area contributed by atoms with E-state index < -0.39 is 0 Å². The molecule has 17 heavy (non-hydrogen) atoms. The van der Waals surface area contributed by atoms with Crippen LogP contribution in [0.25, 0.3) is 0 Å². The van der Waals surface area contributed by atoms with Crippen LogP contribution in [0.5, 0.6) is 0 Å². The molecule has 0 radical (unpaired) electrons. The molecular formula is C13H21N2OP. The van der Waals surface area contributed by atoms with E-state index in [1.54, 1.807) is 6.92 Å². The van der Waals surface area contributed by atoms with Gasteiger partial charge in [-0.25, -0.2) is 0 Å². The number of ketones is 1. The van der Waals surface area contributed by atoms with Crippen molar-refractivity contribution in [3.63, 3.8) is 0 Å². The fourth-order valence-corrected chi connectivity index (χ4v) is 1.78. The number of carbonyl (C=O) groups excluding carboxylic acids is 1. The molecule has 1 unspecified atom stereocenters. The summed E-state index contributed by atoms with van der Waals surface area (Å²) in [6.45, 7) is 5.24. The standard InChI is InChI=1S/C13H21N2OP/c1-12(16)7-9-15(10-8-14-17)11-13-5-3-2-4-6-13/h2-6,14H,7-11,17H2,1H3. The summed E-state index contributed by atoms with van der Waals surface area (Å²) in [5, 5.41) is 3.06. The first kappa shape index (κ1) is 14.3. The first-order chi connectivity index (χ1) is 8.22. The van der Waals surface area contributed by atoms with Gasteiger partial charge in [-0.3, -0.25) is 14.8 Å². The minimum Gasteiger partial charge on any atom is -0.300 e. The second-order valence-electron chi connectivity index (χ2n) is 4.17. The average Bonchev–Trinajstić information content (AvgIpc) is 2.34. The molecule has 0 aromatic heterocycles. The van der Waals surface area contributed by atoms with Crippen molar-refractivity contribution in [2.75, 3.05) is 19.6 Å². The minimum absolute atomic E-state index is 0.252. The number of carbonyl (C=O) groups is 1. The highest BCUT2D eigenvalue weighted by Crippen LogP contribution is 2.05. The summed E-state index contributed by atoms with van der Waals surface area (Å²) in [5.74, 6) is 0.252. The summed E-state index contributed by atoms with van der Waals surface area (Å²) < 4.78 is 0. The summed E-state index contributed by atoms with van der Waals surface area (Å²) in [4.78, 5) is 13.3. The number of Topliss-reactive ketones (excluding diaryl/α,β-unsaturated/α-hetero) is 1. The largest absolute Gasteiger partial charge is 0.300 e. The lowest BCUT2D eigenvalue weighted by Gasteiger charge is -2.21. The Hall–Kier alpha value is -0.760. The van der Waals surface area contributed by atoms with Gasteiger partial charge in [-0.15, -0.1) is 0 Å². The second kappa shape index (κ2) is 8.35. The lowest BCUT2D eigenvalue weighted by molar-refractivity contribution is -0.117. The van der Waals surface area contributed by atoms with E-state index in [9.17, 15) is 4.79 Å². The fourth-order valence-electron chi connectivity index (χ4n) is 1.65. The van der Waals surface area contributed by atoms with Gasteiger partial charge in [0.2, 0.25) is 0 Å². The Bertz CT molecular complexity index is 329. The molecular weight excluding hydrogens is 231 g/mol. The lowest BCUT2D eigenvalue weighted by atomic mass is 10.2.